The number of amides is 1. The van der Waals surface area contributed by atoms with Crippen LogP contribution in [0.1, 0.15) is 0 Å². The minimum absolute atomic E-state index is 0.0821. The van der Waals surface area contributed by atoms with Crippen molar-refractivity contribution in [3.63, 3.8) is 0 Å². The van der Waals surface area contributed by atoms with Crippen molar-refractivity contribution in [2.24, 2.45) is 0 Å². The molecule has 0 saturated carbocycles. The first-order chi connectivity index (χ1) is 13.1. The van der Waals surface area contributed by atoms with Crippen molar-refractivity contribution in [1.82, 2.24) is 15.2 Å². The highest BCUT2D eigenvalue weighted by Crippen LogP contribution is 2.32. The molecule has 3 rings (SSSR count). The van der Waals surface area contributed by atoms with Gasteiger partial charge in [-0.15, -0.1) is 10.2 Å². The Bertz CT molecular complexity index is 950. The van der Waals surface area contributed by atoms with Crippen molar-refractivity contribution in [3.8, 4) is 23.0 Å². The molecule has 0 radical (unpaired) electrons. The zero-order valence-corrected chi connectivity index (χ0v) is 16.0. The fourth-order valence-corrected chi connectivity index (χ4v) is 2.88. The molecule has 1 aromatic carbocycles. The lowest BCUT2D eigenvalue weighted by atomic mass is 10.2. The van der Waals surface area contributed by atoms with Gasteiger partial charge in [-0.2, -0.15) is 0 Å². The van der Waals surface area contributed by atoms with E-state index >= 15 is 0 Å². The summed E-state index contributed by atoms with van der Waals surface area (Å²) >= 11 is 7.03. The van der Waals surface area contributed by atoms with Gasteiger partial charge in [0.25, 0.3) is 5.22 Å². The summed E-state index contributed by atoms with van der Waals surface area (Å²) in [5, 5.41) is 11.1. The molecule has 0 bridgehead atoms. The van der Waals surface area contributed by atoms with Gasteiger partial charge in [0.15, 0.2) is 16.7 Å². The van der Waals surface area contributed by atoms with Gasteiger partial charge in [-0.1, -0.05) is 23.4 Å². The van der Waals surface area contributed by atoms with Crippen LogP contribution in [0.5, 0.6) is 11.5 Å². The summed E-state index contributed by atoms with van der Waals surface area (Å²) in [6.07, 6.45) is 1.54. The quantitative estimate of drug-likeness (QED) is 0.470. The smallest absolute Gasteiger partial charge is 0.277 e. The van der Waals surface area contributed by atoms with E-state index in [2.05, 4.69) is 20.5 Å². The number of ether oxygens (including phenoxy) is 2. The number of halogens is 1. The van der Waals surface area contributed by atoms with Crippen molar-refractivity contribution < 1.29 is 18.7 Å². The summed E-state index contributed by atoms with van der Waals surface area (Å²) in [5.74, 6) is 1.28. The first kappa shape index (κ1) is 19.0. The van der Waals surface area contributed by atoms with E-state index in [-0.39, 0.29) is 22.0 Å². The van der Waals surface area contributed by atoms with Crippen molar-refractivity contribution in [2.45, 2.75) is 5.22 Å². The average Bonchev–Trinajstić information content (AvgIpc) is 3.16. The van der Waals surface area contributed by atoms with Crippen LogP contribution in [0, 0.1) is 0 Å². The van der Waals surface area contributed by atoms with Gasteiger partial charge in [-0.3, -0.25) is 4.79 Å². The van der Waals surface area contributed by atoms with Gasteiger partial charge in [-0.05, 0) is 30.3 Å². The largest absolute Gasteiger partial charge is 0.493 e. The van der Waals surface area contributed by atoms with E-state index in [1.54, 1.807) is 50.7 Å². The molecule has 0 fully saturated rings. The SMILES string of the molecule is COc1ccc(-c2nnc(SCC(=O)Nc3cccnc3Cl)o2)cc1OC. The molecular weight excluding hydrogens is 392 g/mol. The molecule has 2 heterocycles. The van der Waals surface area contributed by atoms with Crippen LogP contribution in [-0.2, 0) is 4.79 Å². The Hall–Kier alpha value is -2.78. The first-order valence-electron chi connectivity index (χ1n) is 7.69. The fraction of sp³-hybridized carbons (Fsp3) is 0.176. The monoisotopic (exact) mass is 406 g/mol. The molecule has 0 aliphatic rings. The molecule has 3 aromatic rings. The topological polar surface area (TPSA) is 99.4 Å². The molecule has 140 valence electrons. The standard InChI is InChI=1S/C17H15ClN4O4S/c1-24-12-6-5-10(8-13(12)25-2)16-21-22-17(26-16)27-9-14(23)20-11-4-3-7-19-15(11)18/h3-8H,9H2,1-2H3,(H,20,23). The first-order valence-corrected chi connectivity index (χ1v) is 9.06. The molecule has 0 aliphatic heterocycles. The van der Waals surface area contributed by atoms with Crippen LogP contribution in [0.15, 0.2) is 46.2 Å². The Balaban J connectivity index is 1.63. The van der Waals surface area contributed by atoms with E-state index in [9.17, 15) is 4.79 Å². The number of hydrogen-bond donors (Lipinski definition) is 1. The predicted molar refractivity (Wildman–Crippen MR) is 101 cm³/mol. The van der Waals surface area contributed by atoms with Crippen LogP contribution in [-0.4, -0.2) is 41.1 Å². The highest BCUT2D eigenvalue weighted by Gasteiger charge is 2.14. The number of hydrogen-bond acceptors (Lipinski definition) is 8. The Kier molecular flexibility index (Phi) is 6.15. The third kappa shape index (κ3) is 4.69. The molecule has 0 spiro atoms. The van der Waals surface area contributed by atoms with Gasteiger partial charge < -0.3 is 19.2 Å². The van der Waals surface area contributed by atoms with E-state index in [1.165, 1.54) is 0 Å². The lowest BCUT2D eigenvalue weighted by molar-refractivity contribution is -0.113. The van der Waals surface area contributed by atoms with Crippen LogP contribution in [0.3, 0.4) is 0 Å². The maximum absolute atomic E-state index is 12.0. The minimum Gasteiger partial charge on any atom is -0.493 e. The molecule has 8 nitrogen and oxygen atoms in total. The maximum atomic E-state index is 12.0. The molecular formula is C17H15ClN4O4S. The number of aromatic nitrogens is 3. The van der Waals surface area contributed by atoms with Crippen molar-refractivity contribution in [2.75, 3.05) is 25.3 Å². The molecule has 0 aliphatic carbocycles. The molecule has 27 heavy (non-hydrogen) atoms. The third-order valence-corrected chi connectivity index (χ3v) is 4.52. The van der Waals surface area contributed by atoms with Gasteiger partial charge in [-0.25, -0.2) is 4.98 Å². The maximum Gasteiger partial charge on any atom is 0.277 e. The average molecular weight is 407 g/mol. The van der Waals surface area contributed by atoms with Crippen LogP contribution in [0.4, 0.5) is 5.69 Å². The lowest BCUT2D eigenvalue weighted by Crippen LogP contribution is -2.14. The van der Waals surface area contributed by atoms with Crippen molar-refractivity contribution in [1.29, 1.82) is 0 Å². The summed E-state index contributed by atoms with van der Waals surface area (Å²) in [6, 6.07) is 8.61. The second kappa shape index (κ2) is 8.74. The Morgan fingerprint density at radius 1 is 1.22 bits per heavy atom. The van der Waals surface area contributed by atoms with Gasteiger partial charge >= 0.3 is 0 Å². The number of anilines is 1. The molecule has 0 atom stereocenters. The van der Waals surface area contributed by atoms with E-state index < -0.39 is 0 Å². The Morgan fingerprint density at radius 3 is 2.78 bits per heavy atom. The number of benzene rings is 1. The number of pyridine rings is 1. The fourth-order valence-electron chi connectivity index (χ4n) is 2.15. The molecule has 0 saturated heterocycles. The van der Waals surface area contributed by atoms with Gasteiger partial charge in [0.2, 0.25) is 11.8 Å². The Morgan fingerprint density at radius 2 is 2.04 bits per heavy atom. The van der Waals surface area contributed by atoms with Crippen molar-refractivity contribution >= 4 is 35.0 Å². The van der Waals surface area contributed by atoms with E-state index in [0.29, 0.717) is 28.6 Å². The second-order valence-electron chi connectivity index (χ2n) is 5.12. The number of nitrogens with one attached hydrogen (secondary N) is 1. The zero-order chi connectivity index (χ0) is 19.2. The number of carbonyl (C=O) groups excluding carboxylic acids is 1. The summed E-state index contributed by atoms with van der Waals surface area (Å²) in [6.45, 7) is 0. The molecule has 10 heteroatoms. The number of thioether (sulfide) groups is 1. The summed E-state index contributed by atoms with van der Waals surface area (Å²) in [7, 11) is 3.10. The highest BCUT2D eigenvalue weighted by molar-refractivity contribution is 7.99. The Labute approximate surface area is 164 Å². The van der Waals surface area contributed by atoms with Gasteiger partial charge in [0.1, 0.15) is 0 Å². The summed E-state index contributed by atoms with van der Waals surface area (Å²) in [4.78, 5) is 15.9. The highest BCUT2D eigenvalue weighted by atomic mass is 35.5. The normalized spacial score (nSPS) is 10.5. The van der Waals surface area contributed by atoms with E-state index in [0.717, 1.165) is 11.8 Å². The number of nitrogens with zero attached hydrogens (tertiary/aromatic N) is 3. The predicted octanol–water partition coefficient (Wildman–Crippen LogP) is 3.53. The third-order valence-electron chi connectivity index (χ3n) is 3.40. The van der Waals surface area contributed by atoms with Crippen LogP contribution in [0.25, 0.3) is 11.5 Å². The lowest BCUT2D eigenvalue weighted by Gasteiger charge is -2.07. The summed E-state index contributed by atoms with van der Waals surface area (Å²) < 4.78 is 16.1. The van der Waals surface area contributed by atoms with Crippen molar-refractivity contribution in [3.05, 3.63) is 41.7 Å². The zero-order valence-electron chi connectivity index (χ0n) is 14.4. The number of carbonyl (C=O) groups is 1. The molecule has 1 amide bonds. The number of methoxy groups -OCH3 is 2. The molecule has 0 unspecified atom stereocenters. The van der Waals surface area contributed by atoms with E-state index in [1.807, 2.05) is 0 Å². The minimum atomic E-state index is -0.263. The molecule has 2 aromatic heterocycles. The molecule has 1 N–H and O–H groups in total. The number of rotatable bonds is 7. The van der Waals surface area contributed by atoms with Crippen LogP contribution < -0.4 is 14.8 Å². The van der Waals surface area contributed by atoms with Crippen LogP contribution >= 0.6 is 23.4 Å². The van der Waals surface area contributed by atoms with Crippen LogP contribution in [0.2, 0.25) is 5.15 Å². The van der Waals surface area contributed by atoms with Gasteiger partial charge in [0, 0.05) is 11.8 Å². The van der Waals surface area contributed by atoms with E-state index in [4.69, 9.17) is 25.5 Å². The van der Waals surface area contributed by atoms with Gasteiger partial charge in [0.05, 0.1) is 25.7 Å². The summed E-state index contributed by atoms with van der Waals surface area (Å²) in [5.41, 5.74) is 1.12. The second-order valence-corrected chi connectivity index (χ2v) is 6.41.